The Hall–Kier alpha value is -3.92. The van der Waals surface area contributed by atoms with Crippen molar-refractivity contribution in [3.8, 4) is 5.75 Å². The number of carbonyl (C=O) groups is 1. The third-order valence-electron chi connectivity index (χ3n) is 6.61. The number of nitrogens with zero attached hydrogens (tertiary/aromatic N) is 1. The topological polar surface area (TPSA) is 29.5 Å². The smallest absolute Gasteiger partial charge is 0.233 e. The van der Waals surface area contributed by atoms with Crippen molar-refractivity contribution in [1.82, 2.24) is 4.90 Å². The van der Waals surface area contributed by atoms with Crippen LogP contribution in [-0.2, 0) is 17.8 Å². The Bertz CT molecular complexity index is 1240. The molecule has 2 atom stereocenters. The first-order valence-electron chi connectivity index (χ1n) is 12.1. The lowest BCUT2D eigenvalue weighted by atomic mass is 9.77. The summed E-state index contributed by atoms with van der Waals surface area (Å²) in [6.07, 6.45) is 1.81. The summed E-state index contributed by atoms with van der Waals surface area (Å²) < 4.78 is 19.5. The van der Waals surface area contributed by atoms with E-state index in [2.05, 4.69) is 12.1 Å². The highest BCUT2D eigenvalue weighted by Gasteiger charge is 2.48. The summed E-state index contributed by atoms with van der Waals surface area (Å²) >= 11 is 0. The third-order valence-corrected chi connectivity index (χ3v) is 6.61. The summed E-state index contributed by atoms with van der Waals surface area (Å²) in [4.78, 5) is 15.2. The predicted octanol–water partition coefficient (Wildman–Crippen LogP) is 6.70. The van der Waals surface area contributed by atoms with Crippen LogP contribution in [0.2, 0.25) is 0 Å². The van der Waals surface area contributed by atoms with Crippen molar-refractivity contribution in [2.75, 3.05) is 6.54 Å². The second kappa shape index (κ2) is 10.6. The number of benzene rings is 4. The van der Waals surface area contributed by atoms with Crippen molar-refractivity contribution in [3.63, 3.8) is 0 Å². The van der Waals surface area contributed by atoms with Crippen molar-refractivity contribution >= 4 is 5.91 Å². The number of amides is 1. The molecule has 4 aromatic rings. The zero-order valence-electron chi connectivity index (χ0n) is 19.5. The average molecular weight is 466 g/mol. The van der Waals surface area contributed by atoms with E-state index in [0.29, 0.717) is 13.2 Å². The molecule has 0 saturated carbocycles. The number of hydrogen-bond donors (Lipinski definition) is 0. The highest BCUT2D eigenvalue weighted by molar-refractivity contribution is 5.91. The maximum atomic E-state index is 13.5. The first-order valence-corrected chi connectivity index (χ1v) is 12.1. The van der Waals surface area contributed by atoms with Gasteiger partial charge in [-0.25, -0.2) is 4.39 Å². The second-order valence-electron chi connectivity index (χ2n) is 8.94. The summed E-state index contributed by atoms with van der Waals surface area (Å²) in [6, 6.07) is 34.6. The van der Waals surface area contributed by atoms with Gasteiger partial charge in [0.1, 0.15) is 18.2 Å². The molecule has 35 heavy (non-hydrogen) atoms. The number of rotatable bonds is 9. The number of likely N-dealkylation sites (tertiary alicyclic amines) is 1. The molecule has 0 aromatic heterocycles. The van der Waals surface area contributed by atoms with Crippen molar-refractivity contribution in [2.45, 2.75) is 31.4 Å². The average Bonchev–Trinajstić information content (AvgIpc) is 2.91. The predicted molar refractivity (Wildman–Crippen MR) is 136 cm³/mol. The molecule has 3 nitrogen and oxygen atoms in total. The molecule has 0 aliphatic carbocycles. The van der Waals surface area contributed by atoms with Crippen molar-refractivity contribution in [3.05, 3.63) is 137 Å². The van der Waals surface area contributed by atoms with Crippen LogP contribution < -0.4 is 4.74 Å². The molecular weight excluding hydrogens is 437 g/mol. The first kappa shape index (κ1) is 22.9. The van der Waals surface area contributed by atoms with Crippen LogP contribution in [0.1, 0.15) is 40.6 Å². The molecule has 2 unspecified atom stereocenters. The van der Waals surface area contributed by atoms with Gasteiger partial charge in [-0.05, 0) is 59.4 Å². The zero-order chi connectivity index (χ0) is 24.0. The van der Waals surface area contributed by atoms with Gasteiger partial charge in [0, 0.05) is 6.54 Å². The molecule has 5 rings (SSSR count). The zero-order valence-corrected chi connectivity index (χ0v) is 19.5. The molecule has 1 fully saturated rings. The Balaban J connectivity index is 1.31. The Kier molecular flexibility index (Phi) is 6.89. The minimum atomic E-state index is -0.302. The molecule has 1 saturated heterocycles. The molecule has 0 bridgehead atoms. The molecule has 4 heteroatoms. The Morgan fingerprint density at radius 3 is 1.97 bits per heavy atom. The molecule has 4 aromatic carbocycles. The quantitative estimate of drug-likeness (QED) is 0.257. The molecule has 1 amide bonds. The molecule has 1 aliphatic rings. The van der Waals surface area contributed by atoms with E-state index in [1.807, 2.05) is 77.7 Å². The van der Waals surface area contributed by atoms with Crippen LogP contribution >= 0.6 is 0 Å². The van der Waals surface area contributed by atoms with Gasteiger partial charge in [-0.15, -0.1) is 0 Å². The van der Waals surface area contributed by atoms with Crippen LogP contribution in [-0.4, -0.2) is 17.4 Å². The minimum Gasteiger partial charge on any atom is -0.489 e. The summed E-state index contributed by atoms with van der Waals surface area (Å²) in [6.45, 7) is 1.19. The van der Waals surface area contributed by atoms with Crippen LogP contribution in [0.5, 0.6) is 5.75 Å². The maximum absolute atomic E-state index is 13.5. The first-order chi connectivity index (χ1) is 17.2. The van der Waals surface area contributed by atoms with Crippen LogP contribution in [0, 0.1) is 5.82 Å². The fraction of sp³-hybridized carbons (Fsp3) is 0.194. The molecule has 0 radical (unpaired) electrons. The number of halogens is 1. The monoisotopic (exact) mass is 465 g/mol. The number of β-lactam (4-membered cyclic amide) rings is 1. The van der Waals surface area contributed by atoms with E-state index in [4.69, 9.17) is 4.74 Å². The molecular formula is C31H28FNO2. The van der Waals surface area contributed by atoms with E-state index in [9.17, 15) is 9.18 Å². The highest BCUT2D eigenvalue weighted by Crippen LogP contribution is 2.46. The van der Waals surface area contributed by atoms with Gasteiger partial charge < -0.3 is 9.64 Å². The lowest BCUT2D eigenvalue weighted by Crippen LogP contribution is -2.53. The van der Waals surface area contributed by atoms with Gasteiger partial charge in [-0.3, -0.25) is 4.79 Å². The SMILES string of the molecule is O=C1C(c2ccc(F)cc2)C(c2ccc(OCc3ccccc3)cc2)N1CCCc1ccccc1. The van der Waals surface area contributed by atoms with Gasteiger partial charge in [0.2, 0.25) is 5.91 Å². The fourth-order valence-corrected chi connectivity index (χ4v) is 4.77. The number of aryl methyl sites for hydroxylation is 1. The van der Waals surface area contributed by atoms with E-state index in [-0.39, 0.29) is 23.7 Å². The Labute approximate surface area is 205 Å². The van der Waals surface area contributed by atoms with E-state index in [1.165, 1.54) is 17.7 Å². The van der Waals surface area contributed by atoms with E-state index in [1.54, 1.807) is 12.1 Å². The largest absolute Gasteiger partial charge is 0.489 e. The Morgan fingerprint density at radius 2 is 1.31 bits per heavy atom. The van der Waals surface area contributed by atoms with Gasteiger partial charge in [0.05, 0.1) is 12.0 Å². The van der Waals surface area contributed by atoms with Gasteiger partial charge in [0.15, 0.2) is 0 Å². The standard InChI is InChI=1S/C31H28FNO2/c32-27-17-13-25(14-18-27)29-30(33(31(29)34)21-7-12-23-8-3-1-4-9-23)26-15-19-28(20-16-26)35-22-24-10-5-2-6-11-24/h1-6,8-11,13-20,29-30H,7,12,21-22H2. The number of carbonyl (C=O) groups excluding carboxylic acids is 1. The van der Waals surface area contributed by atoms with E-state index in [0.717, 1.165) is 35.3 Å². The second-order valence-corrected chi connectivity index (χ2v) is 8.94. The maximum Gasteiger partial charge on any atom is 0.233 e. The van der Waals surface area contributed by atoms with Crippen molar-refractivity contribution < 1.29 is 13.9 Å². The van der Waals surface area contributed by atoms with E-state index >= 15 is 0 Å². The van der Waals surface area contributed by atoms with Gasteiger partial charge >= 0.3 is 0 Å². The van der Waals surface area contributed by atoms with Crippen LogP contribution in [0.4, 0.5) is 4.39 Å². The van der Waals surface area contributed by atoms with Gasteiger partial charge in [-0.1, -0.05) is 84.9 Å². The summed E-state index contributed by atoms with van der Waals surface area (Å²) in [5.41, 5.74) is 4.30. The van der Waals surface area contributed by atoms with Crippen LogP contribution in [0.3, 0.4) is 0 Å². The molecule has 0 spiro atoms. The number of ether oxygens (including phenoxy) is 1. The fourth-order valence-electron chi connectivity index (χ4n) is 4.77. The molecule has 176 valence electrons. The highest BCUT2D eigenvalue weighted by atomic mass is 19.1. The number of hydrogen-bond acceptors (Lipinski definition) is 2. The lowest BCUT2D eigenvalue weighted by molar-refractivity contribution is -0.150. The normalized spacial score (nSPS) is 17.2. The minimum absolute atomic E-state index is 0.0769. The molecule has 1 aliphatic heterocycles. The third kappa shape index (κ3) is 5.27. The summed E-state index contributed by atoms with van der Waals surface area (Å²) in [5, 5.41) is 0. The summed E-state index contributed by atoms with van der Waals surface area (Å²) in [7, 11) is 0. The van der Waals surface area contributed by atoms with Crippen molar-refractivity contribution in [1.29, 1.82) is 0 Å². The van der Waals surface area contributed by atoms with Gasteiger partial charge in [0.25, 0.3) is 0 Å². The van der Waals surface area contributed by atoms with Crippen LogP contribution in [0.25, 0.3) is 0 Å². The summed E-state index contributed by atoms with van der Waals surface area (Å²) in [5.74, 6) is 0.288. The van der Waals surface area contributed by atoms with E-state index < -0.39 is 0 Å². The lowest BCUT2D eigenvalue weighted by Gasteiger charge is -2.48. The van der Waals surface area contributed by atoms with Crippen molar-refractivity contribution in [2.24, 2.45) is 0 Å². The van der Waals surface area contributed by atoms with Crippen LogP contribution in [0.15, 0.2) is 109 Å². The molecule has 1 heterocycles. The Morgan fingerprint density at radius 1 is 0.714 bits per heavy atom. The molecule has 0 N–H and O–H groups in total. The van der Waals surface area contributed by atoms with Gasteiger partial charge in [-0.2, -0.15) is 0 Å².